The van der Waals surface area contributed by atoms with Crippen molar-refractivity contribution >= 4 is 29.3 Å². The second-order valence-electron chi connectivity index (χ2n) is 5.13. The predicted molar refractivity (Wildman–Crippen MR) is 77.3 cm³/mol. The van der Waals surface area contributed by atoms with Crippen LogP contribution in [0.4, 0.5) is 0 Å². The fraction of sp³-hybridized carbons (Fsp3) is 0.357. The highest BCUT2D eigenvalue weighted by atomic mass is 35.5. The fourth-order valence-electron chi connectivity index (χ4n) is 2.37. The smallest absolute Gasteiger partial charge is 0.237 e. The third kappa shape index (κ3) is 3.95. The lowest BCUT2D eigenvalue weighted by atomic mass is 10.1. The Morgan fingerprint density at radius 1 is 1.10 bits per heavy atom. The number of carbonyl (C=O) groups excluding carboxylic acids is 3. The summed E-state index contributed by atoms with van der Waals surface area (Å²) in [7, 11) is 0. The molecule has 1 saturated carbocycles. The summed E-state index contributed by atoms with van der Waals surface area (Å²) < 4.78 is 0. The van der Waals surface area contributed by atoms with E-state index in [4.69, 9.17) is 23.1 Å². The largest absolute Gasteiger partial charge is 0.368 e. The number of halogens is 1. The summed E-state index contributed by atoms with van der Waals surface area (Å²) >= 11 is 5.82. The van der Waals surface area contributed by atoms with Crippen LogP contribution in [0.1, 0.15) is 17.9 Å². The molecule has 4 N–H and O–H groups in total. The van der Waals surface area contributed by atoms with Crippen molar-refractivity contribution in [3.8, 4) is 0 Å². The minimum absolute atomic E-state index is 0.0815. The molecule has 1 aliphatic carbocycles. The van der Waals surface area contributed by atoms with E-state index >= 15 is 0 Å². The van der Waals surface area contributed by atoms with Crippen molar-refractivity contribution in [2.24, 2.45) is 17.4 Å². The van der Waals surface area contributed by atoms with Crippen molar-refractivity contribution in [2.75, 3.05) is 13.1 Å². The number of rotatable bonds is 6. The van der Waals surface area contributed by atoms with Crippen LogP contribution in [0.2, 0.25) is 5.02 Å². The van der Waals surface area contributed by atoms with Crippen molar-refractivity contribution in [3.63, 3.8) is 0 Å². The summed E-state index contributed by atoms with van der Waals surface area (Å²) in [6.45, 7) is -0.600. The zero-order chi connectivity index (χ0) is 15.6. The molecule has 7 heteroatoms. The molecule has 0 radical (unpaired) electrons. The average Bonchev–Trinajstić information content (AvgIpc) is 3.17. The standard InChI is InChI=1S/C14H16ClN3O3/c15-9-3-1-8(2-4-9)10-5-11(10)14(21)18(6-12(16)19)7-13(17)20/h1-4,10-11H,5-7H2,(H2,16,19)(H2,17,20). The van der Waals surface area contributed by atoms with Crippen LogP contribution in [-0.4, -0.2) is 35.7 Å². The van der Waals surface area contributed by atoms with Crippen LogP contribution >= 0.6 is 11.6 Å². The number of hydrogen-bond acceptors (Lipinski definition) is 3. The highest BCUT2D eigenvalue weighted by molar-refractivity contribution is 6.30. The molecule has 2 atom stereocenters. The van der Waals surface area contributed by atoms with Gasteiger partial charge in [-0.05, 0) is 30.0 Å². The molecule has 6 nitrogen and oxygen atoms in total. The molecule has 2 rings (SSSR count). The first-order valence-electron chi connectivity index (χ1n) is 6.49. The predicted octanol–water partition coefficient (Wildman–Crippen LogP) is 0.243. The van der Waals surface area contributed by atoms with E-state index in [0.29, 0.717) is 11.4 Å². The maximum absolute atomic E-state index is 12.3. The lowest BCUT2D eigenvalue weighted by molar-refractivity contribution is -0.139. The SMILES string of the molecule is NC(=O)CN(CC(N)=O)C(=O)C1CC1c1ccc(Cl)cc1. The summed E-state index contributed by atoms with van der Waals surface area (Å²) in [5, 5.41) is 0.631. The molecule has 0 aromatic heterocycles. The van der Waals surface area contributed by atoms with Gasteiger partial charge in [-0.2, -0.15) is 0 Å². The van der Waals surface area contributed by atoms with Gasteiger partial charge < -0.3 is 16.4 Å². The van der Waals surface area contributed by atoms with Crippen molar-refractivity contribution in [1.82, 2.24) is 4.90 Å². The fourth-order valence-corrected chi connectivity index (χ4v) is 2.49. The maximum Gasteiger partial charge on any atom is 0.237 e. The highest BCUT2D eigenvalue weighted by Crippen LogP contribution is 2.48. The van der Waals surface area contributed by atoms with Crippen molar-refractivity contribution < 1.29 is 14.4 Å². The van der Waals surface area contributed by atoms with Gasteiger partial charge in [0.05, 0.1) is 13.1 Å². The van der Waals surface area contributed by atoms with E-state index in [1.807, 2.05) is 12.1 Å². The van der Waals surface area contributed by atoms with E-state index in [2.05, 4.69) is 0 Å². The second kappa shape index (κ2) is 6.13. The average molecular weight is 310 g/mol. The number of hydrogen-bond donors (Lipinski definition) is 2. The van der Waals surface area contributed by atoms with Crippen molar-refractivity contribution in [2.45, 2.75) is 12.3 Å². The first-order chi connectivity index (χ1) is 9.88. The summed E-state index contributed by atoms with van der Waals surface area (Å²) in [4.78, 5) is 35.4. The first-order valence-corrected chi connectivity index (χ1v) is 6.87. The Morgan fingerprint density at radius 2 is 1.62 bits per heavy atom. The molecule has 1 aromatic rings. The van der Waals surface area contributed by atoms with Gasteiger partial charge in [-0.15, -0.1) is 0 Å². The van der Waals surface area contributed by atoms with Crippen molar-refractivity contribution in [3.05, 3.63) is 34.9 Å². The number of primary amides is 2. The van der Waals surface area contributed by atoms with Gasteiger partial charge >= 0.3 is 0 Å². The van der Waals surface area contributed by atoms with Gasteiger partial charge in [0.2, 0.25) is 17.7 Å². The third-order valence-corrected chi connectivity index (χ3v) is 3.66. The number of nitrogens with zero attached hydrogens (tertiary/aromatic N) is 1. The van der Waals surface area contributed by atoms with E-state index in [9.17, 15) is 14.4 Å². The van der Waals surface area contributed by atoms with Crippen LogP contribution in [0.5, 0.6) is 0 Å². The number of benzene rings is 1. The molecule has 3 amide bonds. The number of amides is 3. The molecule has 112 valence electrons. The molecule has 1 fully saturated rings. The molecule has 21 heavy (non-hydrogen) atoms. The van der Waals surface area contributed by atoms with Crippen LogP contribution in [-0.2, 0) is 14.4 Å². The van der Waals surface area contributed by atoms with E-state index in [1.54, 1.807) is 12.1 Å². The minimum atomic E-state index is -0.673. The van der Waals surface area contributed by atoms with Crippen LogP contribution in [0.25, 0.3) is 0 Å². The van der Waals surface area contributed by atoms with Crippen molar-refractivity contribution in [1.29, 1.82) is 0 Å². The first kappa shape index (κ1) is 15.3. The van der Waals surface area contributed by atoms with Crippen LogP contribution < -0.4 is 11.5 Å². The summed E-state index contributed by atoms with van der Waals surface area (Å²) in [5.74, 6) is -1.78. The Morgan fingerprint density at radius 3 is 2.10 bits per heavy atom. The third-order valence-electron chi connectivity index (χ3n) is 3.41. The molecule has 1 aromatic carbocycles. The molecule has 0 spiro atoms. The molecule has 2 unspecified atom stereocenters. The lowest BCUT2D eigenvalue weighted by Crippen LogP contribution is -2.44. The van der Waals surface area contributed by atoms with Gasteiger partial charge in [-0.25, -0.2) is 0 Å². The molecular formula is C14H16ClN3O3. The Bertz CT molecular complexity index is 557. The summed E-state index contributed by atoms with van der Waals surface area (Å²) in [6, 6.07) is 7.27. The topological polar surface area (TPSA) is 106 Å². The molecular weight excluding hydrogens is 294 g/mol. The van der Waals surface area contributed by atoms with E-state index in [1.165, 1.54) is 0 Å². The highest BCUT2D eigenvalue weighted by Gasteiger charge is 2.46. The van der Waals surface area contributed by atoms with E-state index in [-0.39, 0.29) is 30.8 Å². The van der Waals surface area contributed by atoms with Gasteiger partial charge in [-0.3, -0.25) is 14.4 Å². The normalized spacial score (nSPS) is 19.9. The second-order valence-corrected chi connectivity index (χ2v) is 5.56. The Hall–Kier alpha value is -2.08. The lowest BCUT2D eigenvalue weighted by Gasteiger charge is -2.19. The maximum atomic E-state index is 12.3. The zero-order valence-electron chi connectivity index (χ0n) is 11.3. The van der Waals surface area contributed by atoms with Gasteiger partial charge in [0.1, 0.15) is 0 Å². The minimum Gasteiger partial charge on any atom is -0.368 e. The van der Waals surface area contributed by atoms with E-state index < -0.39 is 11.8 Å². The van der Waals surface area contributed by atoms with E-state index in [0.717, 1.165) is 10.5 Å². The van der Waals surface area contributed by atoms with Crippen LogP contribution in [0.3, 0.4) is 0 Å². The van der Waals surface area contributed by atoms with Gasteiger partial charge in [0.15, 0.2) is 0 Å². The quantitative estimate of drug-likeness (QED) is 0.786. The number of carbonyl (C=O) groups is 3. The monoisotopic (exact) mass is 309 g/mol. The molecule has 0 saturated heterocycles. The van der Waals surface area contributed by atoms with Crippen LogP contribution in [0, 0.1) is 5.92 Å². The summed E-state index contributed by atoms with van der Waals surface area (Å²) in [5.41, 5.74) is 11.2. The summed E-state index contributed by atoms with van der Waals surface area (Å²) in [6.07, 6.45) is 0.675. The van der Waals surface area contributed by atoms with Gasteiger partial charge in [0, 0.05) is 10.9 Å². The Kier molecular flexibility index (Phi) is 4.47. The zero-order valence-corrected chi connectivity index (χ0v) is 12.0. The molecule has 0 aliphatic heterocycles. The number of nitrogens with two attached hydrogens (primary N) is 2. The van der Waals surface area contributed by atoms with Crippen LogP contribution in [0.15, 0.2) is 24.3 Å². The van der Waals surface area contributed by atoms with Gasteiger partial charge in [0.25, 0.3) is 0 Å². The Labute approximate surface area is 127 Å². The Balaban J connectivity index is 2.03. The molecule has 0 heterocycles. The molecule has 0 bridgehead atoms. The molecule has 1 aliphatic rings. The van der Waals surface area contributed by atoms with Gasteiger partial charge in [-0.1, -0.05) is 23.7 Å².